The highest BCUT2D eigenvalue weighted by Crippen LogP contribution is 2.15. The molecule has 3 N–H and O–H groups in total. The average molecular weight is 370 g/mol. The van der Waals surface area contributed by atoms with Crippen molar-refractivity contribution in [1.82, 2.24) is 15.8 Å². The Hall–Kier alpha value is -2.21. The van der Waals surface area contributed by atoms with Crippen molar-refractivity contribution in [3.63, 3.8) is 0 Å². The summed E-state index contributed by atoms with van der Waals surface area (Å²) in [5.41, 5.74) is 4.84. The monoisotopic (exact) mass is 369 g/mol. The Morgan fingerprint density at radius 1 is 1.04 bits per heavy atom. The Labute approximate surface area is 162 Å². The molecule has 1 amide bonds. The topological polar surface area (TPSA) is 64.6 Å². The van der Waals surface area contributed by atoms with E-state index in [-0.39, 0.29) is 11.9 Å². The summed E-state index contributed by atoms with van der Waals surface area (Å²) in [5.74, 6) is -0.137. The lowest BCUT2D eigenvalue weighted by molar-refractivity contribution is 0.0166. The molecule has 0 bridgehead atoms. The van der Waals surface area contributed by atoms with E-state index in [1.165, 1.54) is 0 Å². The van der Waals surface area contributed by atoms with Crippen LogP contribution in [-0.4, -0.2) is 47.3 Å². The Morgan fingerprint density at radius 3 is 2.19 bits per heavy atom. The minimum Gasteiger partial charge on any atom is -0.390 e. The third kappa shape index (κ3) is 6.47. The van der Waals surface area contributed by atoms with Gasteiger partial charge in [0.25, 0.3) is 5.91 Å². The van der Waals surface area contributed by atoms with E-state index in [1.54, 1.807) is 17.1 Å². The van der Waals surface area contributed by atoms with Crippen molar-refractivity contribution >= 4 is 5.91 Å². The smallest absolute Gasteiger partial charge is 0.268 e. The summed E-state index contributed by atoms with van der Waals surface area (Å²) in [4.78, 5) is 13.1. The molecule has 2 aromatic rings. The number of aliphatic hydroxyl groups is 1. The van der Waals surface area contributed by atoms with Crippen molar-refractivity contribution in [1.29, 1.82) is 0 Å². The lowest BCUT2D eigenvalue weighted by Crippen LogP contribution is -2.57. The zero-order chi connectivity index (χ0) is 19.6. The number of nitrogens with zero attached hydrogens (tertiary/aromatic N) is 1. The minimum atomic E-state index is -0.709. The normalized spacial score (nSPS) is 13.4. The molecular formula is C22H31N3O2. The number of benzene rings is 2. The quantitative estimate of drug-likeness (QED) is 0.564. The highest BCUT2D eigenvalue weighted by atomic mass is 16.3. The van der Waals surface area contributed by atoms with E-state index >= 15 is 0 Å². The van der Waals surface area contributed by atoms with Crippen molar-refractivity contribution in [3.05, 3.63) is 71.8 Å². The van der Waals surface area contributed by atoms with Gasteiger partial charge < -0.3 is 10.4 Å². The van der Waals surface area contributed by atoms with Gasteiger partial charge in [0.15, 0.2) is 0 Å². The van der Waals surface area contributed by atoms with Gasteiger partial charge in [-0.05, 0) is 24.1 Å². The Morgan fingerprint density at radius 2 is 1.63 bits per heavy atom. The highest BCUT2D eigenvalue weighted by Gasteiger charge is 2.30. The molecule has 0 spiro atoms. The first-order chi connectivity index (χ1) is 13.0. The van der Waals surface area contributed by atoms with Gasteiger partial charge in [0.1, 0.15) is 0 Å². The molecule has 0 aliphatic carbocycles. The summed E-state index contributed by atoms with van der Waals surface area (Å²) in [6, 6.07) is 19.0. The van der Waals surface area contributed by atoms with Crippen molar-refractivity contribution in [2.24, 2.45) is 0 Å². The predicted molar refractivity (Wildman–Crippen MR) is 109 cm³/mol. The summed E-state index contributed by atoms with van der Waals surface area (Å²) in [5, 5.41) is 15.8. The van der Waals surface area contributed by atoms with Crippen LogP contribution in [0.15, 0.2) is 60.7 Å². The van der Waals surface area contributed by atoms with E-state index in [9.17, 15) is 9.90 Å². The largest absolute Gasteiger partial charge is 0.390 e. The van der Waals surface area contributed by atoms with Gasteiger partial charge >= 0.3 is 0 Å². The van der Waals surface area contributed by atoms with Crippen LogP contribution in [0.5, 0.6) is 0 Å². The zero-order valence-corrected chi connectivity index (χ0v) is 16.4. The molecule has 0 aliphatic heterocycles. The molecule has 27 heavy (non-hydrogen) atoms. The molecule has 0 aromatic heterocycles. The summed E-state index contributed by atoms with van der Waals surface area (Å²) in [7, 11) is 0. The number of carbonyl (C=O) groups excluding carboxylic acids is 1. The number of hydrogen-bond acceptors (Lipinski definition) is 4. The lowest BCUT2D eigenvalue weighted by atomic mass is 9.99. The van der Waals surface area contributed by atoms with E-state index in [2.05, 4.69) is 10.7 Å². The number of aliphatic hydroxyl groups excluding tert-OH is 1. The van der Waals surface area contributed by atoms with E-state index in [4.69, 9.17) is 0 Å². The average Bonchev–Trinajstić information content (AvgIpc) is 2.69. The Balaban J connectivity index is 2.29. The van der Waals surface area contributed by atoms with Crippen molar-refractivity contribution < 1.29 is 9.90 Å². The van der Waals surface area contributed by atoms with Gasteiger partial charge in [-0.1, -0.05) is 69.3 Å². The first-order valence-electron chi connectivity index (χ1n) is 9.60. The van der Waals surface area contributed by atoms with Crippen LogP contribution >= 0.6 is 0 Å². The number of rotatable bonds is 10. The van der Waals surface area contributed by atoms with Gasteiger partial charge in [0, 0.05) is 24.7 Å². The number of nitrogens with one attached hydrogen (secondary N) is 2. The Bertz CT molecular complexity index is 676. The summed E-state index contributed by atoms with van der Waals surface area (Å²) < 4.78 is 0. The fourth-order valence-corrected chi connectivity index (χ4v) is 2.98. The zero-order valence-electron chi connectivity index (χ0n) is 16.4. The lowest BCUT2D eigenvalue weighted by Gasteiger charge is -2.35. The highest BCUT2D eigenvalue weighted by molar-refractivity contribution is 5.94. The second-order valence-corrected chi connectivity index (χ2v) is 6.94. The van der Waals surface area contributed by atoms with E-state index in [1.807, 2.05) is 69.3 Å². The maximum atomic E-state index is 13.1. The molecule has 2 atom stereocenters. The maximum absolute atomic E-state index is 13.1. The van der Waals surface area contributed by atoms with Crippen LogP contribution in [0, 0.1) is 0 Å². The van der Waals surface area contributed by atoms with Gasteiger partial charge in [-0.2, -0.15) is 0 Å². The molecule has 0 fully saturated rings. The van der Waals surface area contributed by atoms with E-state index in [0.717, 1.165) is 5.56 Å². The fraction of sp³-hybridized carbons (Fsp3) is 0.409. The third-order valence-corrected chi connectivity index (χ3v) is 4.37. The second-order valence-electron chi connectivity index (χ2n) is 6.94. The molecule has 0 unspecified atom stereocenters. The van der Waals surface area contributed by atoms with Crippen LogP contribution in [0.4, 0.5) is 0 Å². The maximum Gasteiger partial charge on any atom is 0.268 e. The molecule has 0 radical (unpaired) electrons. The van der Waals surface area contributed by atoms with Crippen LogP contribution in [0.2, 0.25) is 0 Å². The van der Waals surface area contributed by atoms with Crippen molar-refractivity contribution in [3.8, 4) is 0 Å². The predicted octanol–water partition coefficient (Wildman–Crippen LogP) is 2.62. The molecule has 5 nitrogen and oxygen atoms in total. The van der Waals surface area contributed by atoms with E-state index < -0.39 is 12.1 Å². The molecule has 2 rings (SSSR count). The van der Waals surface area contributed by atoms with Crippen LogP contribution in [-0.2, 0) is 6.42 Å². The van der Waals surface area contributed by atoms with Crippen LogP contribution < -0.4 is 10.7 Å². The van der Waals surface area contributed by atoms with Crippen molar-refractivity contribution in [2.75, 3.05) is 13.1 Å². The van der Waals surface area contributed by atoms with Gasteiger partial charge in [-0.25, -0.2) is 5.43 Å². The third-order valence-electron chi connectivity index (χ3n) is 4.37. The van der Waals surface area contributed by atoms with Gasteiger partial charge in [0.05, 0.1) is 12.1 Å². The van der Waals surface area contributed by atoms with Crippen LogP contribution in [0.3, 0.4) is 0 Å². The summed E-state index contributed by atoms with van der Waals surface area (Å²) >= 11 is 0. The second kappa shape index (κ2) is 10.8. The molecular weight excluding hydrogens is 338 g/mol. The number of hydrazine groups is 1. The number of carbonyl (C=O) groups is 1. The molecule has 146 valence electrons. The SMILES string of the molecule is CCNN(C(=O)c1ccccc1)[C@@H](Cc1ccccc1)[C@H](O)CNC(C)C. The van der Waals surface area contributed by atoms with Gasteiger partial charge in [-0.3, -0.25) is 9.80 Å². The first kappa shape index (κ1) is 21.1. The molecule has 2 aromatic carbocycles. The molecule has 0 aliphatic rings. The van der Waals surface area contributed by atoms with Crippen molar-refractivity contribution in [2.45, 2.75) is 45.4 Å². The summed E-state index contributed by atoms with van der Waals surface area (Å²) in [6.45, 7) is 7.03. The molecule has 5 heteroatoms. The first-order valence-corrected chi connectivity index (χ1v) is 9.60. The fourth-order valence-electron chi connectivity index (χ4n) is 2.98. The van der Waals surface area contributed by atoms with Gasteiger partial charge in [-0.15, -0.1) is 0 Å². The number of hydrogen-bond donors (Lipinski definition) is 3. The molecule has 0 saturated heterocycles. The van der Waals surface area contributed by atoms with Gasteiger partial charge in [0.2, 0.25) is 0 Å². The summed E-state index contributed by atoms with van der Waals surface area (Å²) in [6.07, 6.45) is -0.146. The molecule has 0 saturated carbocycles. The number of amides is 1. The minimum absolute atomic E-state index is 0.137. The Kier molecular flexibility index (Phi) is 8.45. The molecule has 0 heterocycles. The van der Waals surface area contributed by atoms with Crippen LogP contribution in [0.25, 0.3) is 0 Å². The standard InChI is InChI=1S/C22H31N3O2/c1-4-24-25(22(27)19-13-9-6-10-14-19)20(21(26)16-23-17(2)3)15-18-11-7-5-8-12-18/h5-14,17,20-21,23-24,26H,4,15-16H2,1-3H3/t20-,21+/m0/s1. The van der Waals surface area contributed by atoms with E-state index in [0.29, 0.717) is 25.1 Å². The van der Waals surface area contributed by atoms with Crippen LogP contribution in [0.1, 0.15) is 36.7 Å².